The average Bonchev–Trinajstić information content (AvgIpc) is 2.29. The van der Waals surface area contributed by atoms with Crippen LogP contribution in [-0.2, 0) is 0 Å². The molecule has 0 aromatic heterocycles. The predicted octanol–water partition coefficient (Wildman–Crippen LogP) is 4.76. The Morgan fingerprint density at radius 2 is 2.06 bits per heavy atom. The quantitative estimate of drug-likeness (QED) is 0.707. The minimum absolute atomic E-state index is 0.0217. The predicted molar refractivity (Wildman–Crippen MR) is 70.8 cm³/mol. The van der Waals surface area contributed by atoms with Crippen LogP contribution in [0.25, 0.3) is 0 Å². The average molecular weight is 254 g/mol. The number of rotatable bonds is 5. The second kappa shape index (κ2) is 6.83. The van der Waals surface area contributed by atoms with Gasteiger partial charge in [0.25, 0.3) is 0 Å². The zero-order valence-electron chi connectivity index (χ0n) is 9.61. The van der Waals surface area contributed by atoms with Gasteiger partial charge in [0.1, 0.15) is 0 Å². The highest BCUT2D eigenvalue weighted by molar-refractivity contribution is 8.00. The summed E-state index contributed by atoms with van der Waals surface area (Å²) in [5.74, 6) is 0.453. The highest BCUT2D eigenvalue weighted by Crippen LogP contribution is 2.32. The maximum absolute atomic E-state index is 9.19. The molecule has 0 saturated heterocycles. The van der Waals surface area contributed by atoms with Gasteiger partial charge in [-0.1, -0.05) is 44.4 Å². The second-order valence-corrected chi connectivity index (χ2v) is 5.35. The van der Waals surface area contributed by atoms with E-state index in [1.165, 1.54) is 0 Å². The first kappa shape index (κ1) is 13.4. The first-order chi connectivity index (χ1) is 7.71. The molecule has 0 N–H and O–H groups in total. The van der Waals surface area contributed by atoms with Crippen molar-refractivity contribution in [1.29, 1.82) is 5.26 Å². The molecule has 0 fully saturated rings. The Morgan fingerprint density at radius 3 is 2.56 bits per heavy atom. The third-order valence-corrected chi connectivity index (χ3v) is 4.17. The lowest BCUT2D eigenvalue weighted by Gasteiger charge is -2.18. The summed E-state index contributed by atoms with van der Waals surface area (Å²) in [5, 5.41) is 9.94. The first-order valence-corrected chi connectivity index (χ1v) is 6.78. The Morgan fingerprint density at radius 1 is 1.38 bits per heavy atom. The molecule has 86 valence electrons. The lowest BCUT2D eigenvalue weighted by Crippen LogP contribution is -2.13. The lowest BCUT2D eigenvalue weighted by atomic mass is 10.0. The topological polar surface area (TPSA) is 23.8 Å². The molecule has 0 aliphatic rings. The van der Waals surface area contributed by atoms with Gasteiger partial charge in [0.15, 0.2) is 0 Å². The van der Waals surface area contributed by atoms with Crippen molar-refractivity contribution in [3.05, 3.63) is 29.3 Å². The van der Waals surface area contributed by atoms with Crippen LogP contribution in [0.4, 0.5) is 0 Å². The van der Waals surface area contributed by atoms with Crippen molar-refractivity contribution in [2.45, 2.75) is 36.8 Å². The van der Waals surface area contributed by atoms with Crippen LogP contribution in [0, 0.1) is 17.2 Å². The van der Waals surface area contributed by atoms with E-state index in [1.54, 1.807) is 11.8 Å². The van der Waals surface area contributed by atoms with Crippen LogP contribution < -0.4 is 0 Å². The van der Waals surface area contributed by atoms with Crippen LogP contribution in [0.15, 0.2) is 29.2 Å². The number of benzene rings is 1. The van der Waals surface area contributed by atoms with Gasteiger partial charge in [0, 0.05) is 9.92 Å². The van der Waals surface area contributed by atoms with Crippen LogP contribution in [0.3, 0.4) is 0 Å². The largest absolute Gasteiger partial charge is 0.197 e. The molecule has 1 aromatic carbocycles. The van der Waals surface area contributed by atoms with Crippen LogP contribution in [-0.4, -0.2) is 5.25 Å². The normalized spacial score (nSPS) is 12.4. The molecule has 1 atom stereocenters. The van der Waals surface area contributed by atoms with Crippen molar-refractivity contribution in [2.75, 3.05) is 0 Å². The van der Waals surface area contributed by atoms with E-state index in [2.05, 4.69) is 19.9 Å². The zero-order chi connectivity index (χ0) is 12.0. The van der Waals surface area contributed by atoms with Crippen LogP contribution in [0.1, 0.15) is 26.7 Å². The van der Waals surface area contributed by atoms with E-state index < -0.39 is 0 Å². The van der Waals surface area contributed by atoms with E-state index >= 15 is 0 Å². The molecule has 0 aliphatic heterocycles. The first-order valence-electron chi connectivity index (χ1n) is 5.53. The summed E-state index contributed by atoms with van der Waals surface area (Å²) in [6.45, 7) is 4.27. The standard InChI is InChI=1S/C13H16ClNS/c1-3-10(4-2)13(9-15)16-12-7-5-6-11(14)8-12/h5-8,10,13H,3-4H2,1-2H3. The zero-order valence-corrected chi connectivity index (χ0v) is 11.2. The summed E-state index contributed by atoms with van der Waals surface area (Å²) in [6.07, 6.45) is 2.09. The SMILES string of the molecule is CCC(CC)C(C#N)Sc1cccc(Cl)c1. The highest BCUT2D eigenvalue weighted by atomic mass is 35.5. The van der Waals surface area contributed by atoms with E-state index in [1.807, 2.05) is 24.3 Å². The van der Waals surface area contributed by atoms with Crippen molar-refractivity contribution < 1.29 is 0 Å². The van der Waals surface area contributed by atoms with Crippen molar-refractivity contribution in [1.82, 2.24) is 0 Å². The fourth-order valence-electron chi connectivity index (χ4n) is 1.63. The summed E-state index contributed by atoms with van der Waals surface area (Å²) in [6, 6.07) is 10.1. The van der Waals surface area contributed by atoms with Crippen molar-refractivity contribution in [2.24, 2.45) is 5.92 Å². The van der Waals surface area contributed by atoms with Gasteiger partial charge in [-0.15, -0.1) is 11.8 Å². The van der Waals surface area contributed by atoms with Gasteiger partial charge < -0.3 is 0 Å². The Balaban J connectivity index is 2.74. The summed E-state index contributed by atoms with van der Waals surface area (Å²) < 4.78 is 0. The van der Waals surface area contributed by atoms with E-state index in [9.17, 15) is 5.26 Å². The molecule has 3 heteroatoms. The summed E-state index contributed by atoms with van der Waals surface area (Å²) in [7, 11) is 0. The maximum atomic E-state index is 9.19. The molecule has 0 aliphatic carbocycles. The Kier molecular flexibility index (Phi) is 5.73. The van der Waals surface area contributed by atoms with E-state index in [0.29, 0.717) is 5.92 Å². The number of nitriles is 1. The van der Waals surface area contributed by atoms with E-state index in [0.717, 1.165) is 22.8 Å². The third-order valence-electron chi connectivity index (χ3n) is 2.66. The van der Waals surface area contributed by atoms with Crippen LogP contribution in [0.2, 0.25) is 5.02 Å². The fourth-order valence-corrected chi connectivity index (χ4v) is 3.16. The number of hydrogen-bond donors (Lipinski definition) is 0. The number of halogens is 1. The van der Waals surface area contributed by atoms with Crippen LogP contribution >= 0.6 is 23.4 Å². The molecule has 0 saturated carbocycles. The molecular formula is C13H16ClNS. The van der Waals surface area contributed by atoms with Gasteiger partial charge in [-0.3, -0.25) is 0 Å². The van der Waals surface area contributed by atoms with Crippen molar-refractivity contribution in [3.63, 3.8) is 0 Å². The maximum Gasteiger partial charge on any atom is 0.0991 e. The Labute approximate surface area is 107 Å². The molecule has 0 spiro atoms. The molecule has 16 heavy (non-hydrogen) atoms. The number of nitrogens with zero attached hydrogens (tertiary/aromatic N) is 1. The molecule has 1 aromatic rings. The van der Waals surface area contributed by atoms with E-state index in [4.69, 9.17) is 11.6 Å². The van der Waals surface area contributed by atoms with Gasteiger partial charge >= 0.3 is 0 Å². The van der Waals surface area contributed by atoms with Gasteiger partial charge in [-0.05, 0) is 24.1 Å². The minimum Gasteiger partial charge on any atom is -0.197 e. The number of thioether (sulfide) groups is 1. The Hall–Kier alpha value is -0.650. The van der Waals surface area contributed by atoms with E-state index in [-0.39, 0.29) is 5.25 Å². The fraction of sp³-hybridized carbons (Fsp3) is 0.462. The van der Waals surface area contributed by atoms with Gasteiger partial charge in [-0.25, -0.2) is 0 Å². The summed E-state index contributed by atoms with van der Waals surface area (Å²) in [5.41, 5.74) is 0. The summed E-state index contributed by atoms with van der Waals surface area (Å²) >= 11 is 7.54. The monoisotopic (exact) mass is 253 g/mol. The molecule has 0 amide bonds. The van der Waals surface area contributed by atoms with Gasteiger partial charge in [-0.2, -0.15) is 5.26 Å². The lowest BCUT2D eigenvalue weighted by molar-refractivity contribution is 0.514. The summed E-state index contributed by atoms with van der Waals surface area (Å²) in [4.78, 5) is 1.07. The second-order valence-electron chi connectivity index (χ2n) is 3.70. The molecule has 1 rings (SSSR count). The highest BCUT2D eigenvalue weighted by Gasteiger charge is 2.19. The van der Waals surface area contributed by atoms with Gasteiger partial charge in [0.2, 0.25) is 0 Å². The van der Waals surface area contributed by atoms with Crippen molar-refractivity contribution >= 4 is 23.4 Å². The number of hydrogen-bond acceptors (Lipinski definition) is 2. The molecule has 0 bridgehead atoms. The molecule has 0 heterocycles. The third kappa shape index (κ3) is 3.73. The van der Waals surface area contributed by atoms with Crippen molar-refractivity contribution in [3.8, 4) is 6.07 Å². The smallest absolute Gasteiger partial charge is 0.0991 e. The molecule has 1 nitrogen and oxygen atoms in total. The van der Waals surface area contributed by atoms with Crippen LogP contribution in [0.5, 0.6) is 0 Å². The molecular weight excluding hydrogens is 238 g/mol. The Bertz CT molecular complexity index is 368. The van der Waals surface area contributed by atoms with Gasteiger partial charge in [0.05, 0.1) is 11.3 Å². The molecule has 0 radical (unpaired) electrons. The molecule has 1 unspecified atom stereocenters. The minimum atomic E-state index is 0.0217.